The van der Waals surface area contributed by atoms with Crippen LogP contribution in [0.4, 0.5) is 0 Å². The van der Waals surface area contributed by atoms with Crippen LogP contribution in [0.3, 0.4) is 0 Å². The standard InChI is InChI=1S/C31H24BrN/c1-31(2)25-13-7-5-11-22(25)24-18-26(32)28-23-12-6-8-14-27(23)33(30(28)29(24)31)21-16-15-19-9-3-4-10-20(19)17-21/h3-15,17-18,21H,16H2,1-2H3. The molecule has 1 unspecified atom stereocenters. The molecule has 1 heterocycles. The summed E-state index contributed by atoms with van der Waals surface area (Å²) in [4.78, 5) is 0. The van der Waals surface area contributed by atoms with E-state index < -0.39 is 0 Å². The van der Waals surface area contributed by atoms with Gasteiger partial charge in [0.25, 0.3) is 0 Å². The summed E-state index contributed by atoms with van der Waals surface area (Å²) in [5, 5.41) is 5.32. The van der Waals surface area contributed by atoms with Crippen LogP contribution in [0.5, 0.6) is 0 Å². The van der Waals surface area contributed by atoms with E-state index in [0.29, 0.717) is 0 Å². The van der Waals surface area contributed by atoms with Gasteiger partial charge in [0.2, 0.25) is 0 Å². The summed E-state index contributed by atoms with van der Waals surface area (Å²) < 4.78 is 3.80. The van der Waals surface area contributed by atoms with Gasteiger partial charge in [0, 0.05) is 26.2 Å². The summed E-state index contributed by atoms with van der Waals surface area (Å²) in [6.45, 7) is 4.78. The topological polar surface area (TPSA) is 4.93 Å². The van der Waals surface area contributed by atoms with Gasteiger partial charge in [-0.3, -0.25) is 0 Å². The average molecular weight is 490 g/mol. The number of aromatic nitrogens is 1. The molecule has 2 aliphatic rings. The van der Waals surface area contributed by atoms with Gasteiger partial charge in [-0.2, -0.15) is 0 Å². The number of rotatable bonds is 1. The van der Waals surface area contributed by atoms with Crippen LogP contribution >= 0.6 is 15.9 Å². The van der Waals surface area contributed by atoms with E-state index in [1.165, 1.54) is 59.0 Å². The first-order valence-corrected chi connectivity index (χ1v) is 12.5. The largest absolute Gasteiger partial charge is 0.333 e. The second-order valence-electron chi connectivity index (χ2n) is 9.87. The van der Waals surface area contributed by atoms with E-state index in [4.69, 9.17) is 0 Å². The number of nitrogens with zero attached hydrogens (tertiary/aromatic N) is 1. The normalized spacial score (nSPS) is 17.8. The van der Waals surface area contributed by atoms with E-state index in [1.807, 2.05) is 0 Å². The fraction of sp³-hybridized carbons (Fsp3) is 0.161. The molecule has 0 saturated carbocycles. The minimum atomic E-state index is -0.0622. The van der Waals surface area contributed by atoms with Gasteiger partial charge in [0.05, 0.1) is 11.6 Å². The maximum atomic E-state index is 3.99. The molecular weight excluding hydrogens is 466 g/mol. The van der Waals surface area contributed by atoms with Gasteiger partial charge < -0.3 is 4.57 Å². The van der Waals surface area contributed by atoms with Crippen LogP contribution in [-0.2, 0) is 5.41 Å². The third kappa shape index (κ3) is 2.53. The zero-order valence-electron chi connectivity index (χ0n) is 18.8. The van der Waals surface area contributed by atoms with Gasteiger partial charge in [-0.25, -0.2) is 0 Å². The molecule has 0 saturated heterocycles. The molecule has 0 radical (unpaired) electrons. The Balaban J connectivity index is 1.66. The molecule has 0 aliphatic heterocycles. The fourth-order valence-electron chi connectivity index (χ4n) is 6.29. The Morgan fingerprint density at radius 1 is 0.848 bits per heavy atom. The summed E-state index contributed by atoms with van der Waals surface area (Å²) in [6.07, 6.45) is 5.86. The first-order valence-electron chi connectivity index (χ1n) is 11.7. The minimum Gasteiger partial charge on any atom is -0.333 e. The Hall–Kier alpha value is -3.10. The van der Waals surface area contributed by atoms with Crippen LogP contribution in [0.25, 0.3) is 45.1 Å². The van der Waals surface area contributed by atoms with Gasteiger partial charge >= 0.3 is 0 Å². The highest BCUT2D eigenvalue weighted by atomic mass is 79.9. The van der Waals surface area contributed by atoms with Crippen molar-refractivity contribution in [2.75, 3.05) is 0 Å². The summed E-state index contributed by atoms with van der Waals surface area (Å²) in [6, 6.07) is 29.2. The Morgan fingerprint density at radius 3 is 2.45 bits per heavy atom. The zero-order valence-corrected chi connectivity index (χ0v) is 20.4. The Bertz CT molecular complexity index is 1730. The number of para-hydroxylation sites is 1. The van der Waals surface area contributed by atoms with Crippen molar-refractivity contribution in [2.24, 2.45) is 0 Å². The van der Waals surface area contributed by atoms with Crippen molar-refractivity contribution in [1.82, 2.24) is 4.57 Å². The van der Waals surface area contributed by atoms with E-state index in [-0.39, 0.29) is 11.5 Å². The second-order valence-corrected chi connectivity index (χ2v) is 10.7. The lowest BCUT2D eigenvalue weighted by Crippen LogP contribution is -2.29. The van der Waals surface area contributed by atoms with Crippen LogP contribution < -0.4 is 10.4 Å². The van der Waals surface area contributed by atoms with Gasteiger partial charge in [-0.15, -0.1) is 0 Å². The van der Waals surface area contributed by atoms with Crippen molar-refractivity contribution in [3.05, 3.63) is 105 Å². The lowest BCUT2D eigenvalue weighted by atomic mass is 9.81. The predicted molar refractivity (Wildman–Crippen MR) is 143 cm³/mol. The highest BCUT2D eigenvalue weighted by molar-refractivity contribution is 9.10. The maximum Gasteiger partial charge on any atom is 0.0566 e. The van der Waals surface area contributed by atoms with E-state index in [9.17, 15) is 0 Å². The van der Waals surface area contributed by atoms with Crippen molar-refractivity contribution in [3.63, 3.8) is 0 Å². The minimum absolute atomic E-state index is 0.0622. The van der Waals surface area contributed by atoms with E-state index in [2.05, 4.69) is 125 Å². The zero-order chi connectivity index (χ0) is 22.3. The van der Waals surface area contributed by atoms with E-state index >= 15 is 0 Å². The molecule has 1 aromatic heterocycles. The van der Waals surface area contributed by atoms with Crippen LogP contribution in [-0.4, -0.2) is 4.57 Å². The predicted octanol–water partition coefficient (Wildman–Crippen LogP) is 7.07. The van der Waals surface area contributed by atoms with Crippen LogP contribution in [0.1, 0.15) is 37.4 Å². The van der Waals surface area contributed by atoms with Crippen molar-refractivity contribution >= 4 is 49.9 Å². The average Bonchev–Trinajstić information content (AvgIpc) is 3.29. The van der Waals surface area contributed by atoms with E-state index in [0.717, 1.165) is 6.42 Å². The van der Waals surface area contributed by atoms with Crippen molar-refractivity contribution in [2.45, 2.75) is 31.7 Å². The fourth-order valence-corrected chi connectivity index (χ4v) is 6.92. The number of hydrogen-bond acceptors (Lipinski definition) is 0. The molecule has 1 atom stereocenters. The first-order chi connectivity index (χ1) is 16.1. The summed E-state index contributed by atoms with van der Waals surface area (Å²) >= 11 is 3.99. The molecule has 1 nitrogen and oxygen atoms in total. The van der Waals surface area contributed by atoms with Gasteiger partial charge in [0.1, 0.15) is 0 Å². The molecule has 2 aliphatic carbocycles. The highest BCUT2D eigenvalue weighted by Gasteiger charge is 2.39. The maximum absolute atomic E-state index is 3.99. The Morgan fingerprint density at radius 2 is 1.58 bits per heavy atom. The number of fused-ring (bicyclic) bond motifs is 8. The Labute approximate surface area is 201 Å². The van der Waals surface area contributed by atoms with E-state index in [1.54, 1.807) is 0 Å². The third-order valence-corrected chi connectivity index (χ3v) is 8.35. The molecule has 0 bridgehead atoms. The summed E-state index contributed by atoms with van der Waals surface area (Å²) in [7, 11) is 0. The molecule has 0 fully saturated rings. The summed E-state index contributed by atoms with van der Waals surface area (Å²) in [5.41, 5.74) is 8.21. The van der Waals surface area contributed by atoms with Gasteiger partial charge in [-0.1, -0.05) is 109 Å². The highest BCUT2D eigenvalue weighted by Crippen LogP contribution is 2.54. The van der Waals surface area contributed by atoms with Crippen molar-refractivity contribution in [3.8, 4) is 11.1 Å². The molecule has 0 spiro atoms. The second kappa shape index (κ2) is 6.71. The SMILES string of the molecule is CC1(C)c2ccccc2-c2cc(Br)c3c4ccccc4n(C4C=c5ccccc5=CC4)c3c21. The first kappa shape index (κ1) is 19.4. The smallest absolute Gasteiger partial charge is 0.0566 e. The monoisotopic (exact) mass is 489 g/mol. The molecule has 33 heavy (non-hydrogen) atoms. The molecule has 2 heteroatoms. The molecular formula is C31H24BrN. The summed E-state index contributed by atoms with van der Waals surface area (Å²) in [5.74, 6) is 0. The quantitative estimate of drug-likeness (QED) is 0.237. The molecule has 5 aromatic rings. The van der Waals surface area contributed by atoms with Crippen LogP contribution in [0, 0.1) is 0 Å². The lowest BCUT2D eigenvalue weighted by Gasteiger charge is -2.26. The van der Waals surface area contributed by atoms with Crippen LogP contribution in [0.2, 0.25) is 0 Å². The lowest BCUT2D eigenvalue weighted by molar-refractivity contribution is 0.647. The van der Waals surface area contributed by atoms with Crippen molar-refractivity contribution < 1.29 is 0 Å². The number of benzene rings is 4. The molecule has 4 aromatic carbocycles. The Kier molecular flexibility index (Phi) is 3.94. The molecule has 160 valence electrons. The number of hydrogen-bond donors (Lipinski definition) is 0. The van der Waals surface area contributed by atoms with Crippen LogP contribution in [0.15, 0.2) is 83.3 Å². The van der Waals surface area contributed by atoms with Gasteiger partial charge in [0.15, 0.2) is 0 Å². The van der Waals surface area contributed by atoms with Crippen molar-refractivity contribution in [1.29, 1.82) is 0 Å². The molecule has 7 rings (SSSR count). The third-order valence-electron chi connectivity index (χ3n) is 7.72. The molecule has 0 amide bonds. The molecule has 0 N–H and O–H groups in total. The van der Waals surface area contributed by atoms with Gasteiger partial charge in [-0.05, 0) is 51.2 Å². The number of halogens is 1.